The van der Waals surface area contributed by atoms with E-state index in [4.69, 9.17) is 8.53 Å². The van der Waals surface area contributed by atoms with E-state index in [9.17, 15) is 0 Å². The van der Waals surface area contributed by atoms with Gasteiger partial charge in [0.1, 0.15) is 6.17 Å². The number of hydrogen-bond acceptors (Lipinski definition) is 4. The highest BCUT2D eigenvalue weighted by atomic mass is 16.4. The van der Waals surface area contributed by atoms with Gasteiger partial charge in [-0.1, -0.05) is 69.3 Å². The number of anilines is 3. The van der Waals surface area contributed by atoms with Crippen LogP contribution in [0.1, 0.15) is 48.1 Å². The van der Waals surface area contributed by atoms with E-state index in [1.807, 2.05) is 53.4 Å². The largest absolute Gasteiger partial charge is 0.423 e. The number of rotatable bonds is 2. The minimum atomic E-state index is -2.40. The van der Waals surface area contributed by atoms with Gasteiger partial charge in [-0.25, -0.2) is 0 Å². The first-order valence-electron chi connectivity index (χ1n) is 9.88. The number of nitrogens with zero attached hydrogens (tertiary/aromatic N) is 2. The number of aryl methyl sites for hydroxylation is 1. The summed E-state index contributed by atoms with van der Waals surface area (Å²) in [7, 11) is 0. The van der Waals surface area contributed by atoms with E-state index in [0.29, 0.717) is 11.7 Å². The number of oxazole rings is 1. The third kappa shape index (κ3) is 2.68. The fourth-order valence-corrected chi connectivity index (χ4v) is 3.32. The van der Waals surface area contributed by atoms with Gasteiger partial charge in [0.05, 0.1) is 0 Å². The van der Waals surface area contributed by atoms with E-state index < -0.39 is 6.85 Å². The minimum Gasteiger partial charge on any atom is -0.423 e. The van der Waals surface area contributed by atoms with E-state index in [-0.39, 0.29) is 17.5 Å². The molecular formula is C21H23N3O. The molecule has 0 amide bonds. The molecule has 4 heteroatoms. The summed E-state index contributed by atoms with van der Waals surface area (Å²) in [5, 5.41) is 3.32. The molecule has 1 N–H and O–H groups in total. The number of nitrogens with one attached hydrogen (secondary N) is 1. The summed E-state index contributed by atoms with van der Waals surface area (Å²) in [6, 6.07) is 18.1. The van der Waals surface area contributed by atoms with Crippen LogP contribution in [0, 0.1) is 6.85 Å². The molecule has 2 heterocycles. The van der Waals surface area contributed by atoms with Crippen LogP contribution in [0.25, 0.3) is 0 Å². The lowest BCUT2D eigenvalue weighted by Gasteiger charge is -2.32. The average molecular weight is 336 g/mol. The van der Waals surface area contributed by atoms with E-state index >= 15 is 0 Å². The third-order valence-electron chi connectivity index (χ3n) is 4.45. The van der Waals surface area contributed by atoms with Crippen molar-refractivity contribution in [2.75, 3.05) is 10.2 Å². The Hall–Kier alpha value is -2.75. The summed E-state index contributed by atoms with van der Waals surface area (Å²) in [5.74, 6) is 0.620. The molecular weight excluding hydrogens is 310 g/mol. The zero-order chi connectivity index (χ0) is 20.1. The Morgan fingerprint density at radius 1 is 1.08 bits per heavy atom. The molecule has 0 spiro atoms. The van der Waals surface area contributed by atoms with Crippen LogP contribution in [0.2, 0.25) is 0 Å². The highest BCUT2D eigenvalue weighted by Crippen LogP contribution is 2.48. The maximum Gasteiger partial charge on any atom is 0.240 e. The fourth-order valence-electron chi connectivity index (χ4n) is 3.32. The molecule has 1 aliphatic heterocycles. The Morgan fingerprint density at radius 3 is 2.52 bits per heavy atom. The van der Waals surface area contributed by atoms with Gasteiger partial charge in [0.25, 0.3) is 0 Å². The third-order valence-corrected chi connectivity index (χ3v) is 4.45. The van der Waals surface area contributed by atoms with Crippen molar-refractivity contribution in [2.24, 2.45) is 0 Å². The first kappa shape index (κ1) is 12.6. The maximum atomic E-state index is 7.64. The molecule has 1 aromatic heterocycles. The highest BCUT2D eigenvalue weighted by molar-refractivity contribution is 5.78. The molecule has 0 fully saturated rings. The minimum absolute atomic E-state index is 0.100. The lowest BCUT2D eigenvalue weighted by Crippen LogP contribution is -2.27. The molecule has 4 rings (SSSR count). The molecule has 128 valence electrons. The van der Waals surface area contributed by atoms with Crippen LogP contribution < -0.4 is 10.2 Å². The van der Waals surface area contributed by atoms with Gasteiger partial charge in [-0.05, 0) is 22.6 Å². The predicted octanol–water partition coefficient (Wildman–Crippen LogP) is 5.54. The second-order valence-corrected chi connectivity index (χ2v) is 7.27. The average Bonchev–Trinajstić information content (AvgIpc) is 3.19. The Bertz CT molecular complexity index is 990. The summed E-state index contributed by atoms with van der Waals surface area (Å²) >= 11 is 0. The second kappa shape index (κ2) is 5.66. The number of para-hydroxylation sites is 1. The zero-order valence-electron chi connectivity index (χ0n) is 17.6. The van der Waals surface area contributed by atoms with Gasteiger partial charge in [-0.2, -0.15) is 4.98 Å². The van der Waals surface area contributed by atoms with E-state index in [1.165, 1.54) is 0 Å². The zero-order valence-corrected chi connectivity index (χ0v) is 14.6. The molecule has 4 nitrogen and oxygen atoms in total. The Labute approximate surface area is 152 Å². The molecule has 3 aromatic rings. The molecule has 1 unspecified atom stereocenters. The van der Waals surface area contributed by atoms with E-state index in [1.54, 1.807) is 0 Å². The quantitative estimate of drug-likeness (QED) is 0.667. The van der Waals surface area contributed by atoms with Gasteiger partial charge in [0, 0.05) is 16.7 Å². The summed E-state index contributed by atoms with van der Waals surface area (Å²) in [4.78, 5) is 6.38. The van der Waals surface area contributed by atoms with Crippen LogP contribution in [0.5, 0.6) is 0 Å². The molecule has 25 heavy (non-hydrogen) atoms. The van der Waals surface area contributed by atoms with Crippen molar-refractivity contribution in [3.05, 3.63) is 71.6 Å². The molecule has 0 bridgehead atoms. The van der Waals surface area contributed by atoms with Gasteiger partial charge in [-0.3, -0.25) is 4.90 Å². The van der Waals surface area contributed by atoms with Crippen molar-refractivity contribution in [1.29, 1.82) is 0 Å². The van der Waals surface area contributed by atoms with Crippen LogP contribution in [0.15, 0.2) is 59.0 Å². The standard InChI is InChI=1S/C21H23N3O/c1-14-22-19-20(25-14)23-18(15-10-6-5-7-11-15)24(19)17-13-9-8-12-16(17)21(2,3)4/h5-13,18,23H,1-4H3/i1D3. The molecule has 0 radical (unpaired) electrons. The van der Waals surface area contributed by atoms with Crippen molar-refractivity contribution >= 4 is 17.4 Å². The molecule has 0 aliphatic carbocycles. The number of fused-ring (bicyclic) bond motifs is 1. The maximum absolute atomic E-state index is 7.64. The fraction of sp³-hybridized carbons (Fsp3) is 0.286. The smallest absolute Gasteiger partial charge is 0.240 e. The highest BCUT2D eigenvalue weighted by Gasteiger charge is 2.37. The predicted molar refractivity (Wildman–Crippen MR) is 101 cm³/mol. The van der Waals surface area contributed by atoms with Gasteiger partial charge in [0.15, 0.2) is 11.7 Å². The summed E-state index contributed by atoms with van der Waals surface area (Å²) in [6.45, 7) is 4.07. The number of aromatic nitrogens is 1. The normalized spacial score (nSPS) is 18.9. The second-order valence-electron chi connectivity index (χ2n) is 7.27. The van der Waals surface area contributed by atoms with Crippen LogP contribution >= 0.6 is 0 Å². The van der Waals surface area contributed by atoms with E-state index in [2.05, 4.69) is 37.1 Å². The number of hydrogen-bond donors (Lipinski definition) is 1. The van der Waals surface area contributed by atoms with Crippen LogP contribution in [-0.2, 0) is 5.41 Å². The van der Waals surface area contributed by atoms with Crippen LogP contribution in [0.4, 0.5) is 17.4 Å². The first-order chi connectivity index (χ1) is 13.2. The van der Waals surface area contributed by atoms with Crippen LogP contribution in [0.3, 0.4) is 0 Å². The van der Waals surface area contributed by atoms with Gasteiger partial charge in [-0.15, -0.1) is 0 Å². The van der Waals surface area contributed by atoms with Crippen LogP contribution in [-0.4, -0.2) is 4.98 Å². The van der Waals surface area contributed by atoms with Gasteiger partial charge >= 0.3 is 0 Å². The molecule has 0 saturated heterocycles. The number of benzene rings is 2. The summed E-state index contributed by atoms with van der Waals surface area (Å²) < 4.78 is 28.5. The van der Waals surface area contributed by atoms with Crippen molar-refractivity contribution in [3.63, 3.8) is 0 Å². The SMILES string of the molecule is [2H]C([2H])([2H])c1nc2c(o1)NC(c1ccccc1)N2c1ccccc1C(C)(C)C. The van der Waals surface area contributed by atoms with Crippen molar-refractivity contribution in [2.45, 2.75) is 39.2 Å². The van der Waals surface area contributed by atoms with Crippen molar-refractivity contribution in [1.82, 2.24) is 4.98 Å². The van der Waals surface area contributed by atoms with E-state index in [0.717, 1.165) is 16.8 Å². The molecule has 1 aliphatic rings. The monoisotopic (exact) mass is 336 g/mol. The molecule has 0 saturated carbocycles. The first-order valence-corrected chi connectivity index (χ1v) is 8.38. The topological polar surface area (TPSA) is 41.3 Å². The lowest BCUT2D eigenvalue weighted by atomic mass is 9.85. The van der Waals surface area contributed by atoms with Crippen molar-refractivity contribution < 1.29 is 8.53 Å². The Balaban J connectivity index is 1.90. The molecule has 1 atom stereocenters. The van der Waals surface area contributed by atoms with Gasteiger partial charge in [0.2, 0.25) is 5.88 Å². The molecule has 2 aromatic carbocycles. The summed E-state index contributed by atoms with van der Waals surface area (Å²) in [6.07, 6.45) is -0.239. The lowest BCUT2D eigenvalue weighted by molar-refractivity contribution is 0.529. The summed E-state index contributed by atoms with van der Waals surface area (Å²) in [5.41, 5.74) is 3.05. The Morgan fingerprint density at radius 2 is 1.80 bits per heavy atom. The van der Waals surface area contributed by atoms with Crippen molar-refractivity contribution in [3.8, 4) is 0 Å². The van der Waals surface area contributed by atoms with Gasteiger partial charge < -0.3 is 9.73 Å². The Kier molecular flexibility index (Phi) is 2.85.